The Morgan fingerprint density at radius 2 is 1.92 bits per heavy atom. The molecule has 0 aliphatic carbocycles. The van der Waals surface area contributed by atoms with Crippen LogP contribution in [0, 0.1) is 0 Å². The zero-order valence-electron chi connectivity index (χ0n) is 13.7. The van der Waals surface area contributed by atoms with Crippen LogP contribution >= 0.6 is 23.2 Å². The predicted octanol–water partition coefficient (Wildman–Crippen LogP) is 3.76. The van der Waals surface area contributed by atoms with Crippen molar-refractivity contribution in [2.45, 2.75) is 18.3 Å². The first-order valence-electron chi connectivity index (χ1n) is 8.32. The van der Waals surface area contributed by atoms with Crippen LogP contribution in [-0.2, 0) is 5.41 Å². The molecular weight excluding hydrogens is 357 g/mol. The van der Waals surface area contributed by atoms with Gasteiger partial charge >= 0.3 is 0 Å². The zero-order chi connectivity index (χ0) is 17.4. The summed E-state index contributed by atoms with van der Waals surface area (Å²) >= 11 is 12.3. The number of hydrogen-bond donors (Lipinski definition) is 2. The third-order valence-electron chi connectivity index (χ3n) is 5.28. The van der Waals surface area contributed by atoms with Crippen LogP contribution < -0.4 is 10.6 Å². The molecule has 130 valence electrons. The zero-order valence-corrected chi connectivity index (χ0v) is 15.2. The molecule has 2 aromatic heterocycles. The minimum absolute atomic E-state index is 0.0744. The summed E-state index contributed by atoms with van der Waals surface area (Å²) in [5.41, 5.74) is 8.15. The molecule has 3 heterocycles. The molecule has 1 saturated heterocycles. The first-order chi connectivity index (χ1) is 12.1. The Bertz CT molecular complexity index is 899. The molecular formula is C18H19Cl2N5. The Hall–Kier alpha value is -1.82. The molecule has 0 amide bonds. The van der Waals surface area contributed by atoms with Crippen LogP contribution in [0.25, 0.3) is 11.0 Å². The molecule has 1 aliphatic heterocycles. The minimum Gasteiger partial charge on any atom is -0.356 e. The SMILES string of the molecule is NCC1(c2ccc(Cl)c(Cl)c2)CCN(c2ncnc3[nH]ccc23)CC1. The summed E-state index contributed by atoms with van der Waals surface area (Å²) in [6.45, 7) is 2.35. The molecule has 5 nitrogen and oxygen atoms in total. The Morgan fingerprint density at radius 3 is 2.64 bits per heavy atom. The molecule has 0 saturated carbocycles. The summed E-state index contributed by atoms with van der Waals surface area (Å²) in [7, 11) is 0. The topological polar surface area (TPSA) is 70.8 Å². The van der Waals surface area contributed by atoms with Gasteiger partial charge in [0.05, 0.1) is 15.4 Å². The van der Waals surface area contributed by atoms with Gasteiger partial charge in [-0.25, -0.2) is 9.97 Å². The predicted molar refractivity (Wildman–Crippen MR) is 103 cm³/mol. The minimum atomic E-state index is -0.0744. The van der Waals surface area contributed by atoms with E-state index in [0.29, 0.717) is 16.6 Å². The standard InChI is InChI=1S/C18H19Cl2N5/c19-14-2-1-12(9-15(14)20)18(10-21)4-7-25(8-5-18)17-13-3-6-22-16(13)23-11-24-17/h1-3,6,9,11H,4-5,7-8,10,21H2,(H,22,23,24). The van der Waals surface area contributed by atoms with Gasteiger partial charge in [-0.15, -0.1) is 0 Å². The highest BCUT2D eigenvalue weighted by Crippen LogP contribution is 2.38. The number of nitrogens with two attached hydrogens (primary N) is 1. The largest absolute Gasteiger partial charge is 0.356 e. The molecule has 3 aromatic rings. The third-order valence-corrected chi connectivity index (χ3v) is 6.01. The molecule has 0 bridgehead atoms. The number of anilines is 1. The molecule has 3 N–H and O–H groups in total. The van der Waals surface area contributed by atoms with Gasteiger partial charge in [0.25, 0.3) is 0 Å². The van der Waals surface area contributed by atoms with Gasteiger partial charge in [0.1, 0.15) is 17.8 Å². The Kier molecular flexibility index (Phi) is 4.31. The van der Waals surface area contributed by atoms with Gasteiger partial charge in [0, 0.05) is 31.2 Å². The summed E-state index contributed by atoms with van der Waals surface area (Å²) in [5, 5.41) is 2.21. The second-order valence-corrected chi connectivity index (χ2v) is 7.35. The van der Waals surface area contributed by atoms with Gasteiger partial charge in [-0.05, 0) is 36.6 Å². The average Bonchev–Trinajstić information content (AvgIpc) is 3.13. The molecule has 0 atom stereocenters. The van der Waals surface area contributed by atoms with E-state index in [1.807, 2.05) is 30.5 Å². The molecule has 1 fully saturated rings. The van der Waals surface area contributed by atoms with Crippen LogP contribution in [0.2, 0.25) is 10.0 Å². The lowest BCUT2D eigenvalue weighted by atomic mass is 9.73. The number of nitrogens with one attached hydrogen (secondary N) is 1. The number of fused-ring (bicyclic) bond motifs is 1. The number of piperidine rings is 1. The van der Waals surface area contributed by atoms with Crippen LogP contribution in [0.5, 0.6) is 0 Å². The molecule has 7 heteroatoms. The Balaban J connectivity index is 1.61. The van der Waals surface area contributed by atoms with E-state index in [2.05, 4.69) is 19.9 Å². The van der Waals surface area contributed by atoms with Crippen molar-refractivity contribution in [1.82, 2.24) is 15.0 Å². The van der Waals surface area contributed by atoms with Crippen LogP contribution in [0.1, 0.15) is 18.4 Å². The lowest BCUT2D eigenvalue weighted by Crippen LogP contribution is -2.47. The second-order valence-electron chi connectivity index (χ2n) is 6.54. The number of rotatable bonds is 3. The first-order valence-corrected chi connectivity index (χ1v) is 9.07. The Morgan fingerprint density at radius 1 is 1.12 bits per heavy atom. The number of H-pyrrole nitrogens is 1. The van der Waals surface area contributed by atoms with Crippen molar-refractivity contribution in [1.29, 1.82) is 0 Å². The molecule has 0 radical (unpaired) electrons. The van der Waals surface area contributed by atoms with Crippen molar-refractivity contribution < 1.29 is 0 Å². The monoisotopic (exact) mass is 375 g/mol. The van der Waals surface area contributed by atoms with Gasteiger partial charge < -0.3 is 15.6 Å². The van der Waals surface area contributed by atoms with Crippen molar-refractivity contribution in [3.8, 4) is 0 Å². The van der Waals surface area contributed by atoms with Gasteiger partial charge in [0.15, 0.2) is 0 Å². The number of halogens is 2. The van der Waals surface area contributed by atoms with E-state index in [1.165, 1.54) is 5.56 Å². The summed E-state index contributed by atoms with van der Waals surface area (Å²) in [6.07, 6.45) is 5.39. The van der Waals surface area contributed by atoms with Gasteiger partial charge in [-0.3, -0.25) is 0 Å². The fourth-order valence-corrected chi connectivity index (χ4v) is 3.99. The van der Waals surface area contributed by atoms with E-state index in [-0.39, 0.29) is 5.41 Å². The second kappa shape index (κ2) is 6.48. The van der Waals surface area contributed by atoms with Crippen molar-refractivity contribution in [3.05, 3.63) is 52.4 Å². The molecule has 4 rings (SSSR count). The maximum Gasteiger partial charge on any atom is 0.142 e. The lowest BCUT2D eigenvalue weighted by molar-refractivity contribution is 0.339. The summed E-state index contributed by atoms with van der Waals surface area (Å²) < 4.78 is 0. The molecule has 1 aromatic carbocycles. The normalized spacial score (nSPS) is 17.2. The van der Waals surface area contributed by atoms with Crippen molar-refractivity contribution in [2.75, 3.05) is 24.5 Å². The van der Waals surface area contributed by atoms with Crippen molar-refractivity contribution in [3.63, 3.8) is 0 Å². The highest BCUT2D eigenvalue weighted by Gasteiger charge is 2.36. The average molecular weight is 376 g/mol. The molecule has 25 heavy (non-hydrogen) atoms. The fraction of sp³-hybridized carbons (Fsp3) is 0.333. The number of hydrogen-bond acceptors (Lipinski definition) is 4. The van der Waals surface area contributed by atoms with Gasteiger partial charge in [-0.2, -0.15) is 0 Å². The van der Waals surface area contributed by atoms with Gasteiger partial charge in [0.2, 0.25) is 0 Å². The molecule has 0 unspecified atom stereocenters. The maximum absolute atomic E-state index is 6.23. The number of aromatic amines is 1. The summed E-state index contributed by atoms with van der Waals surface area (Å²) in [4.78, 5) is 14.2. The van der Waals surface area contributed by atoms with Crippen molar-refractivity contribution in [2.24, 2.45) is 5.73 Å². The molecule has 1 aliphatic rings. The highest BCUT2D eigenvalue weighted by molar-refractivity contribution is 6.42. The molecule has 0 spiro atoms. The van der Waals surface area contributed by atoms with E-state index in [9.17, 15) is 0 Å². The van der Waals surface area contributed by atoms with Crippen LogP contribution in [0.3, 0.4) is 0 Å². The highest BCUT2D eigenvalue weighted by atomic mass is 35.5. The third kappa shape index (κ3) is 2.86. The number of aromatic nitrogens is 3. The fourth-order valence-electron chi connectivity index (χ4n) is 3.69. The van der Waals surface area contributed by atoms with E-state index in [1.54, 1.807) is 6.33 Å². The quantitative estimate of drug-likeness (QED) is 0.730. The summed E-state index contributed by atoms with van der Waals surface area (Å²) in [6, 6.07) is 7.89. The van der Waals surface area contributed by atoms with E-state index < -0.39 is 0 Å². The van der Waals surface area contributed by atoms with Crippen LogP contribution in [-0.4, -0.2) is 34.6 Å². The van der Waals surface area contributed by atoms with Gasteiger partial charge in [-0.1, -0.05) is 29.3 Å². The lowest BCUT2D eigenvalue weighted by Gasteiger charge is -2.42. The van der Waals surface area contributed by atoms with E-state index >= 15 is 0 Å². The summed E-state index contributed by atoms with van der Waals surface area (Å²) in [5.74, 6) is 0.978. The van der Waals surface area contributed by atoms with E-state index in [4.69, 9.17) is 28.9 Å². The smallest absolute Gasteiger partial charge is 0.142 e. The number of benzene rings is 1. The first kappa shape index (κ1) is 16.6. The van der Waals surface area contributed by atoms with Crippen molar-refractivity contribution >= 4 is 40.1 Å². The van der Waals surface area contributed by atoms with Crippen LogP contribution in [0.15, 0.2) is 36.8 Å². The van der Waals surface area contributed by atoms with Crippen LogP contribution in [0.4, 0.5) is 5.82 Å². The van der Waals surface area contributed by atoms with E-state index in [0.717, 1.165) is 42.8 Å². The number of nitrogens with zero attached hydrogens (tertiary/aromatic N) is 3. The Labute approximate surface area is 156 Å². The maximum atomic E-state index is 6.23.